The molecule has 14 heteroatoms. The summed E-state index contributed by atoms with van der Waals surface area (Å²) in [6.45, 7) is 3.23. The molecule has 236 valence electrons. The van der Waals surface area contributed by atoms with E-state index in [0.29, 0.717) is 28.3 Å². The van der Waals surface area contributed by atoms with Gasteiger partial charge in [-0.3, -0.25) is 4.79 Å². The van der Waals surface area contributed by atoms with Crippen LogP contribution in [0.1, 0.15) is 36.6 Å². The Morgan fingerprint density at radius 1 is 1.07 bits per heavy atom. The van der Waals surface area contributed by atoms with Crippen LogP contribution in [0.15, 0.2) is 71.0 Å². The minimum Gasteiger partial charge on any atom is -0.493 e. The fourth-order valence-electron chi connectivity index (χ4n) is 4.32. The standard InChI is InChI=1S/C31H29FI2N4O7/c1-4-43-30(40)27-17(2)36-31(41)37-28(27)19-9-10-24(25(13-19)42-3)44-16-26(39)38-35-14-18-11-22(33)29(23(34)12-18)45-15-20-7-5-6-8-21(20)32/h5-14,28H,4,15-16H2,1-3H3,(H,38,39)(H2,36,37,41)/b35-14-/t28-/m1/s1. The van der Waals surface area contributed by atoms with Crippen LogP contribution >= 0.6 is 45.2 Å². The summed E-state index contributed by atoms with van der Waals surface area (Å²) in [5, 5.41) is 9.33. The maximum absolute atomic E-state index is 13.9. The molecule has 0 spiro atoms. The number of halogens is 3. The smallest absolute Gasteiger partial charge is 0.338 e. The minimum atomic E-state index is -0.781. The second-order valence-corrected chi connectivity index (χ2v) is 11.8. The number of urea groups is 1. The third-order valence-corrected chi connectivity index (χ3v) is 8.00. The number of nitrogens with zero attached hydrogens (tertiary/aromatic N) is 1. The fourth-order valence-corrected chi connectivity index (χ4v) is 6.45. The third-order valence-electron chi connectivity index (χ3n) is 6.40. The number of amides is 3. The molecule has 1 aliphatic rings. The Kier molecular flexibility index (Phi) is 12.0. The van der Waals surface area contributed by atoms with Crippen molar-refractivity contribution in [3.63, 3.8) is 0 Å². The van der Waals surface area contributed by atoms with Crippen LogP contribution in [0.2, 0.25) is 0 Å². The Morgan fingerprint density at radius 3 is 2.49 bits per heavy atom. The molecule has 0 aliphatic carbocycles. The van der Waals surface area contributed by atoms with E-state index in [1.807, 2.05) is 12.1 Å². The van der Waals surface area contributed by atoms with Crippen LogP contribution in [-0.4, -0.2) is 44.4 Å². The summed E-state index contributed by atoms with van der Waals surface area (Å²) in [6, 6.07) is 13.7. The molecule has 3 aromatic rings. The van der Waals surface area contributed by atoms with Crippen LogP contribution in [-0.2, 0) is 20.9 Å². The summed E-state index contributed by atoms with van der Waals surface area (Å²) in [5.74, 6) is -0.212. The van der Waals surface area contributed by atoms with E-state index < -0.39 is 23.9 Å². The van der Waals surface area contributed by atoms with Crippen molar-refractivity contribution in [2.75, 3.05) is 20.3 Å². The molecular formula is C31H29FI2N4O7. The molecule has 0 bridgehead atoms. The summed E-state index contributed by atoms with van der Waals surface area (Å²) in [4.78, 5) is 37.2. The van der Waals surface area contributed by atoms with E-state index in [1.54, 1.807) is 50.2 Å². The van der Waals surface area contributed by atoms with Crippen molar-refractivity contribution in [1.29, 1.82) is 0 Å². The first-order valence-corrected chi connectivity index (χ1v) is 15.7. The highest BCUT2D eigenvalue weighted by molar-refractivity contribution is 14.1. The number of hydrazone groups is 1. The zero-order valence-corrected chi connectivity index (χ0v) is 28.7. The lowest BCUT2D eigenvalue weighted by Crippen LogP contribution is -2.45. The van der Waals surface area contributed by atoms with Gasteiger partial charge in [-0.1, -0.05) is 24.3 Å². The van der Waals surface area contributed by atoms with Gasteiger partial charge in [0.15, 0.2) is 18.1 Å². The number of hydrogen-bond acceptors (Lipinski definition) is 8. The molecule has 11 nitrogen and oxygen atoms in total. The molecule has 0 saturated carbocycles. The molecule has 3 amide bonds. The molecule has 3 aromatic carbocycles. The number of ether oxygens (including phenoxy) is 4. The van der Waals surface area contributed by atoms with Crippen molar-refractivity contribution in [1.82, 2.24) is 16.1 Å². The van der Waals surface area contributed by atoms with Crippen molar-refractivity contribution in [3.8, 4) is 17.2 Å². The minimum absolute atomic E-state index is 0.0929. The van der Waals surface area contributed by atoms with Crippen molar-refractivity contribution in [2.24, 2.45) is 5.10 Å². The molecule has 1 heterocycles. The predicted octanol–water partition coefficient (Wildman–Crippen LogP) is 5.34. The first-order valence-electron chi connectivity index (χ1n) is 13.5. The zero-order valence-electron chi connectivity index (χ0n) is 24.4. The van der Waals surface area contributed by atoms with Crippen LogP contribution in [0.4, 0.5) is 9.18 Å². The molecule has 0 unspecified atom stereocenters. The monoisotopic (exact) mass is 842 g/mol. The Balaban J connectivity index is 1.36. The van der Waals surface area contributed by atoms with Gasteiger partial charge >= 0.3 is 12.0 Å². The summed E-state index contributed by atoms with van der Waals surface area (Å²) in [7, 11) is 1.43. The summed E-state index contributed by atoms with van der Waals surface area (Å²) in [5.41, 5.74) is 4.80. The number of hydrogen-bond donors (Lipinski definition) is 3. The average Bonchev–Trinajstić information content (AvgIpc) is 3.00. The van der Waals surface area contributed by atoms with E-state index in [0.717, 1.165) is 12.7 Å². The van der Waals surface area contributed by atoms with Gasteiger partial charge in [0.1, 0.15) is 18.2 Å². The molecule has 3 N–H and O–H groups in total. The van der Waals surface area contributed by atoms with Crippen LogP contribution in [0.25, 0.3) is 0 Å². The molecule has 0 saturated heterocycles. The van der Waals surface area contributed by atoms with Gasteiger partial charge in [-0.25, -0.2) is 19.4 Å². The summed E-state index contributed by atoms with van der Waals surface area (Å²) < 4.78 is 37.7. The van der Waals surface area contributed by atoms with Crippen molar-refractivity contribution in [3.05, 3.63) is 95.5 Å². The number of rotatable bonds is 12. The molecule has 1 atom stereocenters. The summed E-state index contributed by atoms with van der Waals surface area (Å²) >= 11 is 4.25. The molecule has 0 fully saturated rings. The summed E-state index contributed by atoms with van der Waals surface area (Å²) in [6.07, 6.45) is 1.49. The average molecular weight is 842 g/mol. The SMILES string of the molecule is CCOC(=O)C1=C(C)NC(=O)N[C@@H]1c1ccc(OCC(=O)N/N=C\c2cc(I)c(OCc3ccccc3F)c(I)c2)c(OC)c1. The third kappa shape index (κ3) is 8.84. The molecule has 45 heavy (non-hydrogen) atoms. The van der Waals surface area contributed by atoms with Crippen LogP contribution in [0.5, 0.6) is 17.2 Å². The number of esters is 1. The van der Waals surface area contributed by atoms with Crippen LogP contribution in [0.3, 0.4) is 0 Å². The predicted molar refractivity (Wildman–Crippen MR) is 181 cm³/mol. The van der Waals surface area contributed by atoms with Gasteiger partial charge < -0.3 is 29.6 Å². The van der Waals surface area contributed by atoms with Crippen LogP contribution < -0.4 is 30.3 Å². The van der Waals surface area contributed by atoms with Gasteiger partial charge in [-0.2, -0.15) is 5.10 Å². The number of nitrogens with one attached hydrogen (secondary N) is 3. The maximum Gasteiger partial charge on any atom is 0.338 e. The van der Waals surface area contributed by atoms with Gasteiger partial charge in [-0.05, 0) is 100 Å². The topological polar surface area (TPSA) is 137 Å². The number of allylic oxidation sites excluding steroid dienone is 1. The first kappa shape index (κ1) is 34.0. The highest BCUT2D eigenvalue weighted by Gasteiger charge is 2.32. The van der Waals surface area contributed by atoms with Gasteiger partial charge in [0.2, 0.25) is 0 Å². The Hall–Kier alpha value is -3.93. The lowest BCUT2D eigenvalue weighted by Gasteiger charge is -2.28. The van der Waals surface area contributed by atoms with Gasteiger partial charge in [0, 0.05) is 11.3 Å². The van der Waals surface area contributed by atoms with Gasteiger partial charge in [-0.15, -0.1) is 0 Å². The van der Waals surface area contributed by atoms with Crippen molar-refractivity contribution >= 4 is 69.3 Å². The normalized spacial score (nSPS) is 14.4. The van der Waals surface area contributed by atoms with E-state index in [2.05, 4.69) is 66.3 Å². The highest BCUT2D eigenvalue weighted by atomic mass is 127. The second kappa shape index (κ2) is 15.9. The number of carbonyl (C=O) groups is 3. The van der Waals surface area contributed by atoms with Gasteiger partial charge in [0.25, 0.3) is 5.91 Å². The van der Waals surface area contributed by atoms with Crippen molar-refractivity contribution < 1.29 is 37.7 Å². The molecule has 1 aliphatic heterocycles. The van der Waals surface area contributed by atoms with Crippen molar-refractivity contribution in [2.45, 2.75) is 26.5 Å². The lowest BCUT2D eigenvalue weighted by atomic mass is 9.95. The highest BCUT2D eigenvalue weighted by Crippen LogP contribution is 2.35. The second-order valence-electron chi connectivity index (χ2n) is 9.48. The Bertz CT molecular complexity index is 1640. The number of methoxy groups -OCH3 is 1. The van der Waals surface area contributed by atoms with E-state index >= 15 is 0 Å². The lowest BCUT2D eigenvalue weighted by molar-refractivity contribution is -0.139. The Morgan fingerprint density at radius 2 is 1.80 bits per heavy atom. The molecule has 0 radical (unpaired) electrons. The van der Waals surface area contributed by atoms with E-state index in [4.69, 9.17) is 18.9 Å². The zero-order chi connectivity index (χ0) is 32.5. The number of carbonyl (C=O) groups excluding carboxylic acids is 3. The molecular weight excluding hydrogens is 813 g/mol. The van der Waals surface area contributed by atoms with Gasteiger partial charge in [0.05, 0.1) is 38.7 Å². The molecule has 4 rings (SSSR count). The maximum atomic E-state index is 13.9. The first-order chi connectivity index (χ1) is 21.6. The largest absolute Gasteiger partial charge is 0.493 e. The number of benzene rings is 3. The van der Waals surface area contributed by atoms with E-state index in [-0.39, 0.29) is 37.0 Å². The quantitative estimate of drug-likeness (QED) is 0.0970. The Labute approximate surface area is 286 Å². The van der Waals surface area contributed by atoms with E-state index in [1.165, 1.54) is 19.4 Å². The molecule has 0 aromatic heterocycles. The van der Waals surface area contributed by atoms with Crippen LogP contribution in [0, 0.1) is 13.0 Å². The fraction of sp³-hybridized carbons (Fsp3) is 0.226. The van der Waals surface area contributed by atoms with E-state index in [9.17, 15) is 18.8 Å².